The molecule has 2 aromatic heterocycles. The maximum Gasteiger partial charge on any atom is 0.232 e. The van der Waals surface area contributed by atoms with Gasteiger partial charge in [-0.15, -0.1) is 11.3 Å². The normalized spacial score (nSPS) is 24.2. The van der Waals surface area contributed by atoms with E-state index in [9.17, 15) is 4.79 Å². The van der Waals surface area contributed by atoms with Gasteiger partial charge in [-0.3, -0.25) is 15.5 Å². The van der Waals surface area contributed by atoms with Crippen LogP contribution in [-0.4, -0.2) is 34.9 Å². The van der Waals surface area contributed by atoms with Crippen molar-refractivity contribution < 1.29 is 4.79 Å². The molecule has 0 unspecified atom stereocenters. The summed E-state index contributed by atoms with van der Waals surface area (Å²) in [7, 11) is 0. The predicted molar refractivity (Wildman–Crippen MR) is 127 cm³/mol. The van der Waals surface area contributed by atoms with E-state index in [2.05, 4.69) is 68.1 Å². The highest BCUT2D eigenvalue weighted by molar-refractivity contribution is 7.10. The van der Waals surface area contributed by atoms with E-state index >= 15 is 0 Å². The van der Waals surface area contributed by atoms with Gasteiger partial charge in [-0.25, -0.2) is 9.97 Å². The van der Waals surface area contributed by atoms with E-state index in [1.165, 1.54) is 12.0 Å². The van der Waals surface area contributed by atoms with Crippen molar-refractivity contribution in [1.82, 2.24) is 20.6 Å². The first-order valence-electron chi connectivity index (χ1n) is 10.9. The molecule has 3 aromatic rings. The topological polar surface area (TPSA) is 94.0 Å². The van der Waals surface area contributed by atoms with Crippen LogP contribution in [0, 0.1) is 17.2 Å². The van der Waals surface area contributed by atoms with E-state index in [-0.39, 0.29) is 23.7 Å². The molecule has 1 amide bonds. The van der Waals surface area contributed by atoms with Gasteiger partial charge in [0.25, 0.3) is 0 Å². The van der Waals surface area contributed by atoms with E-state index in [4.69, 9.17) is 5.41 Å². The zero-order valence-electron chi connectivity index (χ0n) is 17.9. The lowest BCUT2D eigenvalue weighted by atomic mass is 9.70. The van der Waals surface area contributed by atoms with Gasteiger partial charge < -0.3 is 10.2 Å². The van der Waals surface area contributed by atoms with Gasteiger partial charge in [0.1, 0.15) is 6.33 Å². The summed E-state index contributed by atoms with van der Waals surface area (Å²) in [6, 6.07) is 12.5. The Morgan fingerprint density at radius 2 is 1.84 bits per heavy atom. The zero-order chi connectivity index (χ0) is 22.1. The van der Waals surface area contributed by atoms with Crippen LogP contribution < -0.4 is 15.5 Å². The summed E-state index contributed by atoms with van der Waals surface area (Å²) in [4.78, 5) is 24.9. The summed E-state index contributed by atoms with van der Waals surface area (Å²) in [6.45, 7) is 3.90. The van der Waals surface area contributed by atoms with Crippen LogP contribution in [0.3, 0.4) is 0 Å². The van der Waals surface area contributed by atoms with Crippen LogP contribution in [0.25, 0.3) is 11.1 Å². The number of hydrogen-bond acceptors (Lipinski definition) is 6. The molecule has 0 radical (unpaired) electrons. The Bertz CT molecular complexity index is 1110. The van der Waals surface area contributed by atoms with E-state index in [0.29, 0.717) is 0 Å². The molecule has 3 N–H and O–H groups in total. The lowest BCUT2D eigenvalue weighted by Gasteiger charge is -2.47. The third kappa shape index (κ3) is 3.75. The lowest BCUT2D eigenvalue weighted by molar-refractivity contribution is -0.130. The summed E-state index contributed by atoms with van der Waals surface area (Å²) in [5.74, 6) is -0.0277. The third-order valence-corrected chi connectivity index (χ3v) is 7.84. The van der Waals surface area contributed by atoms with Gasteiger partial charge in [-0.1, -0.05) is 18.2 Å². The van der Waals surface area contributed by atoms with Crippen molar-refractivity contribution >= 4 is 28.9 Å². The molecule has 5 rings (SSSR count). The largest absolute Gasteiger partial charge is 0.372 e. The van der Waals surface area contributed by atoms with E-state index in [0.717, 1.165) is 41.9 Å². The molecule has 4 heterocycles. The van der Waals surface area contributed by atoms with Crippen LogP contribution in [0.15, 0.2) is 60.5 Å². The Balaban J connectivity index is 1.41. The molecule has 32 heavy (non-hydrogen) atoms. The summed E-state index contributed by atoms with van der Waals surface area (Å²) < 4.78 is 0. The van der Waals surface area contributed by atoms with Gasteiger partial charge in [0.2, 0.25) is 5.91 Å². The minimum atomic E-state index is -0.641. The number of carbonyl (C=O) groups is 1. The SMILES string of the molecule is C[C@]1(c2cc(-c3cncnc3)cs2)NC(=N)NC(=O)[C@@H]1C1CCN(c2ccccc2)CC1. The molecule has 0 saturated carbocycles. The molecular formula is C24H26N6OS. The highest BCUT2D eigenvalue weighted by Crippen LogP contribution is 2.44. The van der Waals surface area contributed by atoms with Gasteiger partial charge in [0, 0.05) is 41.6 Å². The lowest BCUT2D eigenvalue weighted by Crippen LogP contribution is -2.65. The Kier molecular flexibility index (Phi) is 5.38. The molecule has 0 bridgehead atoms. The van der Waals surface area contributed by atoms with Crippen molar-refractivity contribution in [2.24, 2.45) is 11.8 Å². The number of thiophene rings is 1. The molecule has 0 spiro atoms. The number of rotatable bonds is 4. The van der Waals surface area contributed by atoms with Crippen LogP contribution in [0.2, 0.25) is 0 Å². The Labute approximate surface area is 191 Å². The molecule has 8 heteroatoms. The van der Waals surface area contributed by atoms with Crippen molar-refractivity contribution in [3.8, 4) is 11.1 Å². The number of carbonyl (C=O) groups excluding carboxylic acids is 1. The Morgan fingerprint density at radius 1 is 1.12 bits per heavy atom. The maximum atomic E-state index is 13.2. The Morgan fingerprint density at radius 3 is 2.56 bits per heavy atom. The van der Waals surface area contributed by atoms with E-state index in [1.54, 1.807) is 23.7 Å². The van der Waals surface area contributed by atoms with Gasteiger partial charge in [0.05, 0.1) is 11.5 Å². The number of nitrogens with one attached hydrogen (secondary N) is 3. The zero-order valence-corrected chi connectivity index (χ0v) is 18.7. The number of hydrogen-bond donors (Lipinski definition) is 3. The second-order valence-electron chi connectivity index (χ2n) is 8.66. The highest BCUT2D eigenvalue weighted by atomic mass is 32.1. The first-order chi connectivity index (χ1) is 15.5. The fourth-order valence-electron chi connectivity index (χ4n) is 5.07. The molecule has 2 aliphatic heterocycles. The fourth-order valence-corrected chi connectivity index (χ4v) is 6.15. The standard InChI is InChI=1S/C24H26N6OS/c1-24(20-11-17(14-32-20)18-12-26-15-27-13-18)21(22(31)28-23(25)29-24)16-7-9-30(10-8-16)19-5-3-2-4-6-19/h2-6,11-16,21H,7-10H2,1H3,(H3,25,28,29,31)/t21-,24+/m0/s1. The van der Waals surface area contributed by atoms with Crippen molar-refractivity contribution in [3.05, 3.63) is 65.4 Å². The molecule has 7 nitrogen and oxygen atoms in total. The smallest absolute Gasteiger partial charge is 0.232 e. The van der Waals surface area contributed by atoms with Crippen molar-refractivity contribution in [3.63, 3.8) is 0 Å². The quantitative estimate of drug-likeness (QED) is 0.569. The summed E-state index contributed by atoms with van der Waals surface area (Å²) in [6.07, 6.45) is 6.97. The van der Waals surface area contributed by atoms with Crippen LogP contribution in [-0.2, 0) is 10.3 Å². The van der Waals surface area contributed by atoms with Crippen molar-refractivity contribution in [1.29, 1.82) is 5.41 Å². The number of amides is 1. The Hall–Kier alpha value is -3.26. The molecular weight excluding hydrogens is 420 g/mol. The second kappa shape index (κ2) is 8.35. The van der Waals surface area contributed by atoms with Crippen LogP contribution in [0.4, 0.5) is 5.69 Å². The van der Waals surface area contributed by atoms with E-state index < -0.39 is 5.54 Å². The molecule has 2 aliphatic rings. The van der Waals surface area contributed by atoms with Crippen molar-refractivity contribution in [2.45, 2.75) is 25.3 Å². The van der Waals surface area contributed by atoms with Crippen LogP contribution >= 0.6 is 11.3 Å². The summed E-state index contributed by atoms with van der Waals surface area (Å²) >= 11 is 1.61. The molecule has 1 aromatic carbocycles. The number of guanidine groups is 1. The molecule has 2 atom stereocenters. The average Bonchev–Trinajstić information content (AvgIpc) is 3.32. The van der Waals surface area contributed by atoms with Crippen LogP contribution in [0.1, 0.15) is 24.6 Å². The minimum absolute atomic E-state index is 0.0626. The monoisotopic (exact) mass is 446 g/mol. The first kappa shape index (κ1) is 20.6. The fraction of sp³-hybridized carbons (Fsp3) is 0.333. The van der Waals surface area contributed by atoms with Gasteiger partial charge in [-0.2, -0.15) is 0 Å². The molecule has 0 aliphatic carbocycles. The van der Waals surface area contributed by atoms with Gasteiger partial charge >= 0.3 is 0 Å². The maximum absolute atomic E-state index is 13.2. The molecule has 2 fully saturated rings. The second-order valence-corrected chi connectivity index (χ2v) is 9.57. The van der Waals surface area contributed by atoms with Crippen LogP contribution in [0.5, 0.6) is 0 Å². The number of nitrogens with zero attached hydrogens (tertiary/aromatic N) is 3. The number of aromatic nitrogens is 2. The number of para-hydroxylation sites is 1. The van der Waals surface area contributed by atoms with E-state index in [1.807, 2.05) is 6.07 Å². The predicted octanol–water partition coefficient (Wildman–Crippen LogP) is 3.61. The number of anilines is 1. The molecule has 2 saturated heterocycles. The number of piperidine rings is 1. The van der Waals surface area contributed by atoms with Gasteiger partial charge in [0.15, 0.2) is 5.96 Å². The first-order valence-corrected chi connectivity index (χ1v) is 11.7. The highest BCUT2D eigenvalue weighted by Gasteiger charge is 2.50. The minimum Gasteiger partial charge on any atom is -0.372 e. The summed E-state index contributed by atoms with van der Waals surface area (Å²) in [5, 5.41) is 16.3. The average molecular weight is 447 g/mol. The van der Waals surface area contributed by atoms with Crippen molar-refractivity contribution in [2.75, 3.05) is 18.0 Å². The number of benzene rings is 1. The third-order valence-electron chi connectivity index (χ3n) is 6.67. The van der Waals surface area contributed by atoms with Gasteiger partial charge in [-0.05, 0) is 54.8 Å². The summed E-state index contributed by atoms with van der Waals surface area (Å²) in [5.41, 5.74) is 2.57. The molecule has 164 valence electrons.